The first-order valence-corrected chi connectivity index (χ1v) is 9.73. The Morgan fingerprint density at radius 3 is 2.57 bits per heavy atom. The first kappa shape index (κ1) is 21.2. The number of nitrogens with zero attached hydrogens (tertiary/aromatic N) is 1. The van der Waals surface area contributed by atoms with Gasteiger partial charge in [-0.2, -0.15) is 0 Å². The number of carboxylic acid groups (broad SMARTS) is 1. The van der Waals surface area contributed by atoms with Crippen LogP contribution in [-0.4, -0.2) is 34.2 Å². The lowest BCUT2D eigenvalue weighted by atomic mass is 9.89. The smallest absolute Gasteiger partial charge is 0.303 e. The van der Waals surface area contributed by atoms with E-state index in [9.17, 15) is 14.3 Å². The van der Waals surface area contributed by atoms with Gasteiger partial charge in [-0.1, -0.05) is 24.3 Å². The van der Waals surface area contributed by atoms with Crippen molar-refractivity contribution in [2.45, 2.75) is 25.2 Å². The van der Waals surface area contributed by atoms with Crippen LogP contribution in [0.2, 0.25) is 0 Å². The van der Waals surface area contributed by atoms with Crippen molar-refractivity contribution < 1.29 is 19.0 Å². The van der Waals surface area contributed by atoms with Crippen LogP contribution in [0.25, 0.3) is 0 Å². The summed E-state index contributed by atoms with van der Waals surface area (Å²) in [4.78, 5) is 18.0. The Morgan fingerprint density at radius 1 is 1.20 bits per heavy atom. The van der Waals surface area contributed by atoms with E-state index in [0.717, 1.165) is 29.1 Å². The fourth-order valence-electron chi connectivity index (χ4n) is 3.17. The number of nitrogen functional groups attached to an aromatic ring is 1. The number of H-pyrrole nitrogens is 1. The maximum absolute atomic E-state index is 13.2. The van der Waals surface area contributed by atoms with Gasteiger partial charge in [-0.15, -0.1) is 0 Å². The van der Waals surface area contributed by atoms with Crippen molar-refractivity contribution in [3.05, 3.63) is 71.7 Å². The minimum Gasteiger partial charge on any atom is -0.494 e. The number of ether oxygens (including phenoxy) is 1. The molecule has 1 aromatic heterocycles. The van der Waals surface area contributed by atoms with Gasteiger partial charge >= 0.3 is 5.97 Å². The Hall–Kier alpha value is -3.55. The number of aromatic nitrogens is 2. The molecule has 1 unspecified atom stereocenters. The molecule has 0 bridgehead atoms. The molecule has 7 nitrogen and oxygen atoms in total. The fraction of sp³-hybridized carbons (Fsp3) is 0.273. The third-order valence-corrected chi connectivity index (χ3v) is 4.67. The number of aromatic amines is 1. The molecule has 3 aromatic rings. The molecule has 3 rings (SSSR count). The van der Waals surface area contributed by atoms with Crippen LogP contribution in [0.3, 0.4) is 0 Å². The third-order valence-electron chi connectivity index (χ3n) is 4.67. The molecular formula is C22H25FN4O3. The molecular weight excluding hydrogens is 387 g/mol. The van der Waals surface area contributed by atoms with Gasteiger partial charge in [0, 0.05) is 6.54 Å². The van der Waals surface area contributed by atoms with Crippen molar-refractivity contribution in [1.29, 1.82) is 0 Å². The quantitative estimate of drug-likeness (QED) is 0.356. The second kappa shape index (κ2) is 10.3. The van der Waals surface area contributed by atoms with Crippen molar-refractivity contribution >= 4 is 17.7 Å². The SMILES string of the molecule is Nc1ncc(NCCCOc2ccc(CC(CC(=O)O)c3ccc(F)cc3)cc2)[nH]1. The summed E-state index contributed by atoms with van der Waals surface area (Å²) in [6.45, 7) is 1.27. The summed E-state index contributed by atoms with van der Waals surface area (Å²) in [5.74, 6) is 0.459. The van der Waals surface area contributed by atoms with Crippen LogP contribution in [0.5, 0.6) is 5.75 Å². The van der Waals surface area contributed by atoms with Crippen molar-refractivity contribution in [1.82, 2.24) is 9.97 Å². The summed E-state index contributed by atoms with van der Waals surface area (Å²) in [6, 6.07) is 13.6. The Morgan fingerprint density at radius 2 is 1.93 bits per heavy atom. The molecule has 158 valence electrons. The Bertz CT molecular complexity index is 942. The van der Waals surface area contributed by atoms with Gasteiger partial charge in [-0.25, -0.2) is 9.37 Å². The minimum absolute atomic E-state index is 0.0150. The highest BCUT2D eigenvalue weighted by atomic mass is 19.1. The molecule has 30 heavy (non-hydrogen) atoms. The maximum Gasteiger partial charge on any atom is 0.303 e. The van der Waals surface area contributed by atoms with Crippen LogP contribution in [0, 0.1) is 5.82 Å². The highest BCUT2D eigenvalue weighted by Gasteiger charge is 2.16. The fourth-order valence-corrected chi connectivity index (χ4v) is 3.17. The monoisotopic (exact) mass is 412 g/mol. The van der Waals surface area contributed by atoms with Crippen molar-refractivity contribution in [3.8, 4) is 5.75 Å². The average molecular weight is 412 g/mol. The highest BCUT2D eigenvalue weighted by molar-refractivity contribution is 5.68. The Balaban J connectivity index is 1.48. The second-order valence-corrected chi connectivity index (χ2v) is 7.01. The molecule has 0 aliphatic heterocycles. The summed E-state index contributed by atoms with van der Waals surface area (Å²) in [5, 5.41) is 12.4. The normalized spacial score (nSPS) is 11.8. The highest BCUT2D eigenvalue weighted by Crippen LogP contribution is 2.26. The standard InChI is InChI=1S/C22H25FN4O3/c23-18-6-4-16(5-7-18)17(13-21(28)29)12-15-2-8-19(9-3-15)30-11-1-10-25-20-14-26-22(24)27-20/h2-9,14,17,25H,1,10-13H2,(H,28,29)(H3,24,26,27). The van der Waals surface area contributed by atoms with Crippen LogP contribution in [0.1, 0.15) is 29.9 Å². The third kappa shape index (κ3) is 6.51. The largest absolute Gasteiger partial charge is 0.494 e. The van der Waals surface area contributed by atoms with Crippen molar-refractivity contribution in [3.63, 3.8) is 0 Å². The summed E-state index contributed by atoms with van der Waals surface area (Å²) >= 11 is 0. The second-order valence-electron chi connectivity index (χ2n) is 7.01. The predicted octanol–water partition coefficient (Wildman–Crippen LogP) is 3.81. The van der Waals surface area contributed by atoms with E-state index < -0.39 is 5.97 Å². The van der Waals surface area contributed by atoms with Gasteiger partial charge in [-0.3, -0.25) is 4.79 Å². The number of nitrogens with one attached hydrogen (secondary N) is 2. The maximum atomic E-state index is 13.2. The van der Waals surface area contributed by atoms with Crippen LogP contribution in [0.15, 0.2) is 54.7 Å². The molecule has 2 aromatic carbocycles. The molecule has 0 aliphatic rings. The Labute approximate surface area is 174 Å². The van der Waals surface area contributed by atoms with Gasteiger partial charge in [0.25, 0.3) is 0 Å². The van der Waals surface area contributed by atoms with E-state index in [-0.39, 0.29) is 18.2 Å². The molecule has 0 saturated carbocycles. The Kier molecular flexibility index (Phi) is 7.26. The number of nitrogens with two attached hydrogens (primary N) is 1. The summed E-state index contributed by atoms with van der Waals surface area (Å²) < 4.78 is 18.9. The number of imidazole rings is 1. The number of benzene rings is 2. The number of aliphatic carboxylic acids is 1. The van der Waals surface area contributed by atoms with E-state index in [4.69, 9.17) is 10.5 Å². The molecule has 8 heteroatoms. The van der Waals surface area contributed by atoms with E-state index in [1.54, 1.807) is 18.3 Å². The summed E-state index contributed by atoms with van der Waals surface area (Å²) in [5.41, 5.74) is 7.32. The summed E-state index contributed by atoms with van der Waals surface area (Å²) in [6.07, 6.45) is 2.97. The van der Waals surface area contributed by atoms with Crippen molar-refractivity contribution in [2.75, 3.05) is 24.2 Å². The number of anilines is 2. The molecule has 0 fully saturated rings. The topological polar surface area (TPSA) is 113 Å². The average Bonchev–Trinajstić information content (AvgIpc) is 3.14. The molecule has 0 spiro atoms. The molecule has 0 saturated heterocycles. The minimum atomic E-state index is -0.879. The van der Waals surface area contributed by atoms with Gasteiger partial charge < -0.3 is 25.9 Å². The predicted molar refractivity (Wildman–Crippen MR) is 113 cm³/mol. The first-order valence-electron chi connectivity index (χ1n) is 9.73. The van der Waals surface area contributed by atoms with Gasteiger partial charge in [0.2, 0.25) is 0 Å². The van der Waals surface area contributed by atoms with Gasteiger partial charge in [0.15, 0.2) is 5.95 Å². The molecule has 0 aliphatic carbocycles. The van der Waals surface area contributed by atoms with E-state index in [1.807, 2.05) is 24.3 Å². The van der Waals surface area contributed by atoms with Crippen LogP contribution >= 0.6 is 0 Å². The van der Waals surface area contributed by atoms with Gasteiger partial charge in [0.05, 0.1) is 19.2 Å². The summed E-state index contributed by atoms with van der Waals surface area (Å²) in [7, 11) is 0. The lowest BCUT2D eigenvalue weighted by Crippen LogP contribution is -2.09. The lowest BCUT2D eigenvalue weighted by molar-refractivity contribution is -0.137. The van der Waals surface area contributed by atoms with E-state index in [2.05, 4.69) is 15.3 Å². The molecule has 1 atom stereocenters. The zero-order valence-corrected chi connectivity index (χ0v) is 16.5. The van der Waals surface area contributed by atoms with E-state index in [1.165, 1.54) is 12.1 Å². The zero-order valence-electron chi connectivity index (χ0n) is 16.5. The number of hydrogen-bond donors (Lipinski definition) is 4. The van der Waals surface area contributed by atoms with Crippen LogP contribution in [-0.2, 0) is 11.2 Å². The zero-order chi connectivity index (χ0) is 21.3. The number of halogens is 1. The van der Waals surface area contributed by atoms with Crippen LogP contribution < -0.4 is 15.8 Å². The van der Waals surface area contributed by atoms with Crippen molar-refractivity contribution in [2.24, 2.45) is 0 Å². The number of hydrogen-bond acceptors (Lipinski definition) is 5. The van der Waals surface area contributed by atoms with E-state index >= 15 is 0 Å². The molecule has 0 radical (unpaired) electrons. The van der Waals surface area contributed by atoms with Gasteiger partial charge in [-0.05, 0) is 54.2 Å². The van der Waals surface area contributed by atoms with Crippen LogP contribution in [0.4, 0.5) is 16.2 Å². The molecule has 5 N–H and O–H groups in total. The van der Waals surface area contributed by atoms with Gasteiger partial charge in [0.1, 0.15) is 17.4 Å². The molecule has 0 amide bonds. The lowest BCUT2D eigenvalue weighted by Gasteiger charge is -2.16. The van der Waals surface area contributed by atoms with E-state index in [0.29, 0.717) is 25.5 Å². The number of carboxylic acids is 1. The molecule has 1 heterocycles. The number of carbonyl (C=O) groups is 1. The first-order chi connectivity index (χ1) is 14.5. The number of rotatable bonds is 11.